The molecule has 7 rings (SSSR count). The fourth-order valence-electron chi connectivity index (χ4n) is 5.28. The molecule has 3 unspecified atom stereocenters. The van der Waals surface area contributed by atoms with Gasteiger partial charge in [-0.15, -0.1) is 0 Å². The Bertz CT molecular complexity index is 1250. The van der Waals surface area contributed by atoms with Gasteiger partial charge in [-0.2, -0.15) is 10.2 Å². The summed E-state index contributed by atoms with van der Waals surface area (Å²) in [6, 6.07) is 26.9. The highest BCUT2D eigenvalue weighted by Gasteiger charge is 2.67. The molecule has 1 aliphatic heterocycles. The van der Waals surface area contributed by atoms with Crippen LogP contribution in [-0.4, -0.2) is 0 Å². The van der Waals surface area contributed by atoms with E-state index in [2.05, 4.69) is 77.9 Å². The molecule has 0 saturated carbocycles. The van der Waals surface area contributed by atoms with E-state index in [-0.39, 0.29) is 11.6 Å². The number of hydrogen-bond acceptors (Lipinski definition) is 2. The molecule has 0 amide bonds. The van der Waals surface area contributed by atoms with E-state index in [9.17, 15) is 0 Å². The van der Waals surface area contributed by atoms with Gasteiger partial charge in [-0.25, -0.2) is 0 Å². The second-order valence-electron chi connectivity index (χ2n) is 7.49. The number of hydrogen-bond donors (Lipinski definition) is 0. The summed E-state index contributed by atoms with van der Waals surface area (Å²) in [6.45, 7) is 0. The highest BCUT2D eigenvalue weighted by atomic mass is 15.3. The van der Waals surface area contributed by atoms with Crippen molar-refractivity contribution in [2.24, 2.45) is 10.2 Å². The second kappa shape index (κ2) is 3.80. The van der Waals surface area contributed by atoms with Gasteiger partial charge in [0.2, 0.25) is 0 Å². The molecule has 0 saturated heterocycles. The zero-order valence-electron chi connectivity index (χ0n) is 13.5. The Kier molecular flexibility index (Phi) is 1.88. The molecule has 4 aromatic carbocycles. The van der Waals surface area contributed by atoms with Gasteiger partial charge in [-0.1, -0.05) is 60.7 Å². The number of azo groups is 1. The van der Waals surface area contributed by atoms with Crippen molar-refractivity contribution in [1.29, 1.82) is 0 Å². The number of rotatable bonds is 0. The van der Waals surface area contributed by atoms with E-state index in [0.717, 1.165) is 0 Å². The maximum absolute atomic E-state index is 4.71. The van der Waals surface area contributed by atoms with Gasteiger partial charge in [0, 0.05) is 5.92 Å². The standard InChI is InChI=1S/C23H14N2/c1-2-6-14-10-18-17(9-13(14)5-1)21-19-11-15-7-3-4-8-16(15)12-20(19)23(21)22(18)24-25-23/h1-12,21-22H. The molecule has 0 bridgehead atoms. The lowest BCUT2D eigenvalue weighted by molar-refractivity contribution is 0.212. The van der Waals surface area contributed by atoms with E-state index in [4.69, 9.17) is 5.11 Å². The molecular formula is C23H14N2. The molecule has 0 radical (unpaired) electrons. The van der Waals surface area contributed by atoms with Gasteiger partial charge in [-0.3, -0.25) is 0 Å². The topological polar surface area (TPSA) is 24.7 Å². The maximum atomic E-state index is 4.71. The zero-order chi connectivity index (χ0) is 16.2. The summed E-state index contributed by atoms with van der Waals surface area (Å²) in [4.78, 5) is 0. The molecule has 0 fully saturated rings. The first-order valence-corrected chi connectivity index (χ1v) is 8.84. The van der Waals surface area contributed by atoms with Crippen molar-refractivity contribution in [1.82, 2.24) is 0 Å². The Labute approximate surface area is 144 Å². The van der Waals surface area contributed by atoms with Crippen molar-refractivity contribution in [3.05, 3.63) is 95.1 Å². The van der Waals surface area contributed by atoms with Gasteiger partial charge in [0.25, 0.3) is 0 Å². The van der Waals surface area contributed by atoms with Gasteiger partial charge >= 0.3 is 0 Å². The van der Waals surface area contributed by atoms with Gasteiger partial charge < -0.3 is 0 Å². The van der Waals surface area contributed by atoms with Crippen molar-refractivity contribution in [2.45, 2.75) is 17.5 Å². The predicted octanol–water partition coefficient (Wildman–Crippen LogP) is 5.85. The first kappa shape index (κ1) is 12.4. The molecule has 1 heterocycles. The van der Waals surface area contributed by atoms with Crippen molar-refractivity contribution >= 4 is 21.5 Å². The van der Waals surface area contributed by atoms with Crippen molar-refractivity contribution < 1.29 is 0 Å². The van der Waals surface area contributed by atoms with Crippen LogP contribution < -0.4 is 0 Å². The third-order valence-electron chi connectivity index (χ3n) is 6.41. The summed E-state index contributed by atoms with van der Waals surface area (Å²) in [5, 5.41) is 14.5. The van der Waals surface area contributed by atoms with Crippen LogP contribution in [0.4, 0.5) is 0 Å². The summed E-state index contributed by atoms with van der Waals surface area (Å²) < 4.78 is 0. The SMILES string of the molecule is c1ccc2cc3c(cc2c1)C1N=NC12c1cc4ccccc4cc1C32. The molecule has 2 heteroatoms. The Balaban J connectivity index is 1.56. The van der Waals surface area contributed by atoms with E-state index < -0.39 is 0 Å². The third kappa shape index (κ3) is 1.21. The van der Waals surface area contributed by atoms with Crippen LogP contribution >= 0.6 is 0 Å². The normalized spacial score (nSPS) is 27.2. The Morgan fingerprint density at radius 3 is 1.80 bits per heavy atom. The molecule has 25 heavy (non-hydrogen) atoms. The lowest BCUT2D eigenvalue weighted by atomic mass is 9.60. The van der Waals surface area contributed by atoms with Crippen LogP contribution in [0.5, 0.6) is 0 Å². The van der Waals surface area contributed by atoms with Gasteiger partial charge in [0.05, 0.1) is 0 Å². The summed E-state index contributed by atoms with van der Waals surface area (Å²) >= 11 is 0. The Hall–Kier alpha value is -3.00. The Morgan fingerprint density at radius 1 is 0.640 bits per heavy atom. The van der Waals surface area contributed by atoms with Crippen LogP contribution in [0.1, 0.15) is 34.2 Å². The molecule has 2 aliphatic carbocycles. The zero-order valence-corrected chi connectivity index (χ0v) is 13.5. The van der Waals surface area contributed by atoms with Gasteiger partial charge in [0.1, 0.15) is 11.6 Å². The van der Waals surface area contributed by atoms with Crippen LogP contribution in [0.25, 0.3) is 21.5 Å². The van der Waals surface area contributed by atoms with Gasteiger partial charge in [0.15, 0.2) is 0 Å². The lowest BCUT2D eigenvalue weighted by Crippen LogP contribution is -2.46. The smallest absolute Gasteiger partial charge is 0.146 e. The summed E-state index contributed by atoms with van der Waals surface area (Å²) in [5.74, 6) is 0.370. The average molecular weight is 318 g/mol. The highest BCUT2D eigenvalue weighted by molar-refractivity contribution is 5.90. The summed E-state index contributed by atoms with van der Waals surface area (Å²) in [6.07, 6.45) is 0. The fraction of sp³-hybridized carbons (Fsp3) is 0.130. The molecule has 0 aromatic heterocycles. The van der Waals surface area contributed by atoms with Crippen LogP contribution in [0.2, 0.25) is 0 Å². The van der Waals surface area contributed by atoms with E-state index in [0.29, 0.717) is 5.92 Å². The van der Waals surface area contributed by atoms with E-state index in [1.54, 1.807) is 0 Å². The molecule has 3 aliphatic rings. The summed E-state index contributed by atoms with van der Waals surface area (Å²) in [7, 11) is 0. The van der Waals surface area contributed by atoms with E-state index >= 15 is 0 Å². The minimum atomic E-state index is -0.126. The second-order valence-corrected chi connectivity index (χ2v) is 7.49. The van der Waals surface area contributed by atoms with Gasteiger partial charge in [-0.05, 0) is 55.9 Å². The number of nitrogens with zero attached hydrogens (tertiary/aromatic N) is 2. The van der Waals surface area contributed by atoms with E-state index in [1.807, 2.05) is 0 Å². The van der Waals surface area contributed by atoms with Crippen molar-refractivity contribution in [2.75, 3.05) is 0 Å². The quantitative estimate of drug-likeness (QED) is 0.388. The average Bonchev–Trinajstić information content (AvgIpc) is 2.77. The van der Waals surface area contributed by atoms with Crippen LogP contribution in [0.15, 0.2) is 83.0 Å². The molecular weight excluding hydrogens is 304 g/mol. The fourth-order valence-corrected chi connectivity index (χ4v) is 5.28. The molecule has 0 N–H and O–H groups in total. The molecule has 3 atom stereocenters. The third-order valence-corrected chi connectivity index (χ3v) is 6.41. The van der Waals surface area contributed by atoms with Crippen molar-refractivity contribution in [3.63, 3.8) is 0 Å². The van der Waals surface area contributed by atoms with Crippen LogP contribution in [0, 0.1) is 0 Å². The minimum absolute atomic E-state index is 0.126. The monoisotopic (exact) mass is 318 g/mol. The number of fused-ring (bicyclic) bond motifs is 7. The van der Waals surface area contributed by atoms with Crippen molar-refractivity contribution in [3.8, 4) is 0 Å². The molecule has 1 spiro atoms. The molecule has 116 valence electrons. The van der Waals surface area contributed by atoms with E-state index in [1.165, 1.54) is 43.8 Å². The highest BCUT2D eigenvalue weighted by Crippen LogP contribution is 2.72. The van der Waals surface area contributed by atoms with Crippen LogP contribution in [0.3, 0.4) is 0 Å². The Morgan fingerprint density at radius 2 is 1.20 bits per heavy atom. The summed E-state index contributed by atoms with van der Waals surface area (Å²) in [5.41, 5.74) is 5.50. The van der Waals surface area contributed by atoms with Crippen LogP contribution in [-0.2, 0) is 5.54 Å². The largest absolute Gasteiger partial charge is 0.182 e. The first-order chi connectivity index (χ1) is 12.4. The predicted molar refractivity (Wildman–Crippen MR) is 99.0 cm³/mol. The lowest BCUT2D eigenvalue weighted by Gasteiger charge is -2.49. The number of benzene rings is 4. The first-order valence-electron chi connectivity index (χ1n) is 8.84. The molecule has 2 nitrogen and oxygen atoms in total. The minimum Gasteiger partial charge on any atom is -0.182 e. The maximum Gasteiger partial charge on any atom is 0.146 e. The molecule has 4 aromatic rings.